The zero-order valence-electron chi connectivity index (χ0n) is 11.7. The molecule has 0 spiro atoms. The van der Waals surface area contributed by atoms with Gasteiger partial charge >= 0.3 is 0 Å². The summed E-state index contributed by atoms with van der Waals surface area (Å²) in [6.45, 7) is 2.60. The molecule has 3 nitrogen and oxygen atoms in total. The maximum Gasteiger partial charge on any atom is 0.146 e. The highest BCUT2D eigenvalue weighted by Gasteiger charge is 2.21. The molecule has 21 heavy (non-hydrogen) atoms. The molecular weight excluding hydrogens is 291 g/mol. The summed E-state index contributed by atoms with van der Waals surface area (Å²) in [7, 11) is 0. The first-order chi connectivity index (χ1) is 10.1. The number of aromatic nitrogens is 1. The molecule has 1 heterocycles. The van der Waals surface area contributed by atoms with Crippen LogP contribution in [0.25, 0.3) is 0 Å². The summed E-state index contributed by atoms with van der Waals surface area (Å²) in [5.41, 5.74) is 1.83. The molecule has 2 aromatic rings. The Bertz CT molecular complexity index is 659. The second-order valence-corrected chi connectivity index (χ2v) is 5.67. The average Bonchev–Trinajstić information content (AvgIpc) is 3.25. The second kappa shape index (κ2) is 6.00. The first-order valence-electron chi connectivity index (χ1n) is 6.93. The van der Waals surface area contributed by atoms with E-state index in [0.29, 0.717) is 24.1 Å². The third kappa shape index (κ3) is 3.71. The average molecular weight is 307 g/mol. The Balaban J connectivity index is 1.83. The van der Waals surface area contributed by atoms with E-state index >= 15 is 0 Å². The Hall–Kier alpha value is -1.65. The van der Waals surface area contributed by atoms with Crippen LogP contribution in [0.1, 0.15) is 24.1 Å². The van der Waals surface area contributed by atoms with Crippen molar-refractivity contribution in [1.82, 2.24) is 10.3 Å². The maximum atomic E-state index is 13.1. The largest absolute Gasteiger partial charge is 0.455 e. The molecule has 1 aromatic carbocycles. The lowest BCUT2D eigenvalue weighted by Gasteiger charge is -2.13. The minimum absolute atomic E-state index is 0.255. The molecule has 0 amide bonds. The Morgan fingerprint density at radius 1 is 1.33 bits per heavy atom. The quantitative estimate of drug-likeness (QED) is 0.897. The highest BCUT2D eigenvalue weighted by Crippen LogP contribution is 2.32. The predicted molar refractivity (Wildman–Crippen MR) is 80.3 cm³/mol. The molecule has 1 aliphatic rings. The monoisotopic (exact) mass is 306 g/mol. The van der Waals surface area contributed by atoms with E-state index in [2.05, 4.69) is 10.3 Å². The van der Waals surface area contributed by atoms with Crippen molar-refractivity contribution in [1.29, 1.82) is 0 Å². The van der Waals surface area contributed by atoms with Crippen LogP contribution in [0, 0.1) is 12.7 Å². The Kier molecular flexibility index (Phi) is 4.08. The fourth-order valence-corrected chi connectivity index (χ4v) is 2.21. The molecule has 0 aliphatic heterocycles. The van der Waals surface area contributed by atoms with Gasteiger partial charge in [-0.1, -0.05) is 11.6 Å². The van der Waals surface area contributed by atoms with Crippen LogP contribution in [0.3, 0.4) is 0 Å². The molecule has 0 unspecified atom stereocenters. The predicted octanol–water partition coefficient (Wildman–Crippen LogP) is 4.23. The fourth-order valence-electron chi connectivity index (χ4n) is 2.01. The smallest absolute Gasteiger partial charge is 0.146 e. The van der Waals surface area contributed by atoms with Crippen molar-refractivity contribution >= 4 is 11.6 Å². The van der Waals surface area contributed by atoms with Crippen LogP contribution in [-0.4, -0.2) is 11.0 Å². The van der Waals surface area contributed by atoms with Gasteiger partial charge in [-0.3, -0.25) is 4.98 Å². The van der Waals surface area contributed by atoms with E-state index in [9.17, 15) is 4.39 Å². The highest BCUT2D eigenvalue weighted by molar-refractivity contribution is 6.32. The van der Waals surface area contributed by atoms with E-state index in [1.807, 2.05) is 13.0 Å². The summed E-state index contributed by atoms with van der Waals surface area (Å²) in [5.74, 6) is 0.759. The molecule has 3 rings (SSSR count). The summed E-state index contributed by atoms with van der Waals surface area (Å²) < 4.78 is 18.9. The second-order valence-electron chi connectivity index (χ2n) is 5.27. The normalized spacial score (nSPS) is 14.2. The van der Waals surface area contributed by atoms with E-state index in [1.54, 1.807) is 6.20 Å². The van der Waals surface area contributed by atoms with E-state index in [-0.39, 0.29) is 10.8 Å². The van der Waals surface area contributed by atoms with E-state index < -0.39 is 0 Å². The number of nitrogens with zero attached hydrogens (tertiary/aromatic N) is 1. The van der Waals surface area contributed by atoms with Crippen molar-refractivity contribution in [2.45, 2.75) is 32.4 Å². The lowest BCUT2D eigenvalue weighted by Crippen LogP contribution is -2.16. The maximum absolute atomic E-state index is 13.1. The number of hydrogen-bond acceptors (Lipinski definition) is 3. The van der Waals surface area contributed by atoms with Crippen molar-refractivity contribution in [3.05, 3.63) is 52.6 Å². The van der Waals surface area contributed by atoms with Gasteiger partial charge < -0.3 is 10.1 Å². The van der Waals surface area contributed by atoms with Gasteiger partial charge in [-0.05, 0) is 38.0 Å². The zero-order chi connectivity index (χ0) is 14.8. The lowest BCUT2D eigenvalue weighted by atomic mass is 10.2. The van der Waals surface area contributed by atoms with Crippen LogP contribution in [0.5, 0.6) is 11.5 Å². The Labute approximate surface area is 128 Å². The molecular formula is C16H16ClFN2O. The first kappa shape index (κ1) is 14.3. The topological polar surface area (TPSA) is 34.1 Å². The molecule has 5 heteroatoms. The molecule has 0 radical (unpaired) electrons. The number of aryl methyl sites for hydroxylation is 1. The van der Waals surface area contributed by atoms with Gasteiger partial charge in [0.2, 0.25) is 0 Å². The van der Waals surface area contributed by atoms with Gasteiger partial charge in [0.15, 0.2) is 0 Å². The van der Waals surface area contributed by atoms with E-state index in [1.165, 1.54) is 31.0 Å². The Morgan fingerprint density at radius 3 is 2.86 bits per heavy atom. The van der Waals surface area contributed by atoms with Gasteiger partial charge in [0.05, 0.1) is 5.02 Å². The summed E-state index contributed by atoms with van der Waals surface area (Å²) in [6.07, 6.45) is 4.25. The number of halogens is 2. The summed E-state index contributed by atoms with van der Waals surface area (Å²) >= 11 is 6.01. The van der Waals surface area contributed by atoms with Crippen molar-refractivity contribution in [3.8, 4) is 11.5 Å². The number of rotatable bonds is 5. The van der Waals surface area contributed by atoms with E-state index in [4.69, 9.17) is 16.3 Å². The molecule has 1 saturated carbocycles. The zero-order valence-corrected chi connectivity index (χ0v) is 12.5. The van der Waals surface area contributed by atoms with Crippen LogP contribution in [0.2, 0.25) is 5.02 Å². The molecule has 1 aromatic heterocycles. The fraction of sp³-hybridized carbons (Fsp3) is 0.312. The van der Waals surface area contributed by atoms with Crippen LogP contribution in [0.15, 0.2) is 30.5 Å². The van der Waals surface area contributed by atoms with Gasteiger partial charge in [0.25, 0.3) is 0 Å². The standard InChI is InChI=1S/C16H16ClFN2O/c1-10-6-16(11(8-19-10)9-20-13-3-4-13)21-15-5-2-12(18)7-14(15)17/h2,5-8,13,20H,3-4,9H2,1H3. The first-order valence-corrected chi connectivity index (χ1v) is 7.31. The SMILES string of the molecule is Cc1cc(Oc2ccc(F)cc2Cl)c(CNC2CC2)cn1. The number of benzene rings is 1. The van der Waals surface area contributed by atoms with Crippen molar-refractivity contribution in [2.24, 2.45) is 0 Å². The van der Waals surface area contributed by atoms with Gasteiger partial charge in [-0.2, -0.15) is 0 Å². The summed E-state index contributed by atoms with van der Waals surface area (Å²) in [6, 6.07) is 6.58. The summed E-state index contributed by atoms with van der Waals surface area (Å²) in [5, 5.41) is 3.68. The molecule has 1 fully saturated rings. The van der Waals surface area contributed by atoms with Crippen LogP contribution < -0.4 is 10.1 Å². The number of ether oxygens (including phenoxy) is 1. The molecule has 1 N–H and O–H groups in total. The highest BCUT2D eigenvalue weighted by atomic mass is 35.5. The molecule has 0 saturated heterocycles. The van der Waals surface area contributed by atoms with Gasteiger partial charge in [-0.15, -0.1) is 0 Å². The molecule has 0 atom stereocenters. The van der Waals surface area contributed by atoms with Gasteiger partial charge in [-0.25, -0.2) is 4.39 Å². The van der Waals surface area contributed by atoms with Crippen LogP contribution in [0.4, 0.5) is 4.39 Å². The van der Waals surface area contributed by atoms with Crippen molar-refractivity contribution in [2.75, 3.05) is 0 Å². The molecule has 1 aliphatic carbocycles. The van der Waals surface area contributed by atoms with Gasteiger partial charge in [0.1, 0.15) is 17.3 Å². The Morgan fingerprint density at radius 2 is 2.14 bits per heavy atom. The van der Waals surface area contributed by atoms with Gasteiger partial charge in [0, 0.05) is 36.1 Å². The van der Waals surface area contributed by atoms with E-state index in [0.717, 1.165) is 11.3 Å². The summed E-state index contributed by atoms with van der Waals surface area (Å²) in [4.78, 5) is 4.30. The number of nitrogens with one attached hydrogen (secondary N) is 1. The minimum Gasteiger partial charge on any atom is -0.455 e. The third-order valence-electron chi connectivity index (χ3n) is 3.35. The van der Waals surface area contributed by atoms with Crippen molar-refractivity contribution in [3.63, 3.8) is 0 Å². The van der Waals surface area contributed by atoms with Crippen molar-refractivity contribution < 1.29 is 9.13 Å². The third-order valence-corrected chi connectivity index (χ3v) is 3.65. The molecule has 0 bridgehead atoms. The number of hydrogen-bond donors (Lipinski definition) is 1. The minimum atomic E-state index is -0.381. The molecule has 110 valence electrons. The number of pyridine rings is 1. The lowest BCUT2D eigenvalue weighted by molar-refractivity contribution is 0.469. The van der Waals surface area contributed by atoms with Crippen LogP contribution >= 0.6 is 11.6 Å². The van der Waals surface area contributed by atoms with Crippen LogP contribution in [-0.2, 0) is 6.54 Å².